The number of aromatic nitrogens is 1. The Balaban J connectivity index is 2.04. The largest absolute Gasteiger partial charge is 0.389 e. The molecule has 0 saturated carbocycles. The van der Waals surface area contributed by atoms with Gasteiger partial charge >= 0.3 is 0 Å². The maximum Gasteiger partial charge on any atom is 0.0762 e. The fourth-order valence-electron chi connectivity index (χ4n) is 2.06. The topological polar surface area (TPSA) is 36.4 Å². The van der Waals surface area contributed by atoms with Crippen molar-refractivity contribution >= 4 is 17.3 Å². The first-order chi connectivity index (χ1) is 9.58. The van der Waals surface area contributed by atoms with Gasteiger partial charge in [-0.25, -0.2) is 0 Å². The number of aliphatic hydroxyl groups is 1. The minimum atomic E-state index is -0.497. The summed E-state index contributed by atoms with van der Waals surface area (Å²) in [6, 6.07) is 9.73. The first-order valence-corrected chi connectivity index (χ1v) is 7.03. The van der Waals surface area contributed by atoms with Crippen molar-refractivity contribution in [3.63, 3.8) is 0 Å². The average molecular weight is 291 g/mol. The molecular formula is C16H19ClN2O. The number of likely N-dealkylation sites (N-methyl/N-ethyl adjacent to an activating group) is 1. The molecule has 0 aliphatic heterocycles. The maximum atomic E-state index is 9.55. The number of anilines is 1. The highest BCUT2D eigenvalue weighted by atomic mass is 35.5. The summed E-state index contributed by atoms with van der Waals surface area (Å²) in [4.78, 5) is 6.13. The minimum Gasteiger partial charge on any atom is -0.389 e. The first-order valence-electron chi connectivity index (χ1n) is 6.65. The number of halogens is 1. The van der Waals surface area contributed by atoms with Crippen molar-refractivity contribution < 1.29 is 5.11 Å². The molecule has 0 aliphatic rings. The summed E-state index contributed by atoms with van der Waals surface area (Å²) in [5.41, 5.74) is 3.06. The SMILES string of the molecule is C[C@H](O)c1ccc(N(C)CCc2ccncc2)c(Cl)c1. The number of nitrogens with zero attached hydrogens (tertiary/aromatic N) is 2. The highest BCUT2D eigenvalue weighted by Crippen LogP contribution is 2.28. The molecule has 0 spiro atoms. The average Bonchev–Trinajstić information content (AvgIpc) is 2.45. The van der Waals surface area contributed by atoms with Gasteiger partial charge in [0.15, 0.2) is 0 Å². The van der Waals surface area contributed by atoms with Crippen molar-refractivity contribution in [2.45, 2.75) is 19.4 Å². The third-order valence-corrected chi connectivity index (χ3v) is 3.65. The van der Waals surface area contributed by atoms with Crippen molar-refractivity contribution in [2.24, 2.45) is 0 Å². The monoisotopic (exact) mass is 290 g/mol. The van der Waals surface area contributed by atoms with Gasteiger partial charge in [-0.1, -0.05) is 17.7 Å². The predicted molar refractivity (Wildman–Crippen MR) is 83.3 cm³/mol. The lowest BCUT2D eigenvalue weighted by molar-refractivity contribution is 0.199. The molecule has 0 fully saturated rings. The van der Waals surface area contributed by atoms with Gasteiger partial charge < -0.3 is 10.0 Å². The molecule has 0 amide bonds. The molecule has 1 aromatic carbocycles. The Morgan fingerprint density at radius 1 is 1.25 bits per heavy atom. The van der Waals surface area contributed by atoms with E-state index in [0.717, 1.165) is 24.2 Å². The molecule has 20 heavy (non-hydrogen) atoms. The standard InChI is InChI=1S/C16H19ClN2O/c1-12(20)14-3-4-16(15(17)11-14)19(2)10-7-13-5-8-18-9-6-13/h3-6,8-9,11-12,20H,7,10H2,1-2H3/t12-/m0/s1. The predicted octanol–water partition coefficient (Wildman–Crippen LogP) is 3.47. The van der Waals surface area contributed by atoms with E-state index in [4.69, 9.17) is 11.6 Å². The third kappa shape index (κ3) is 3.71. The second-order valence-electron chi connectivity index (χ2n) is 4.91. The van der Waals surface area contributed by atoms with Crippen LogP contribution in [0.5, 0.6) is 0 Å². The number of rotatable bonds is 5. The maximum absolute atomic E-state index is 9.55. The van der Waals surface area contributed by atoms with Crippen LogP contribution in [0.1, 0.15) is 24.2 Å². The third-order valence-electron chi connectivity index (χ3n) is 3.35. The molecule has 0 aliphatic carbocycles. The van der Waals surface area contributed by atoms with Crippen LogP contribution in [0.25, 0.3) is 0 Å². The fraction of sp³-hybridized carbons (Fsp3) is 0.312. The fourth-order valence-corrected chi connectivity index (χ4v) is 2.39. The minimum absolute atomic E-state index is 0.497. The Kier molecular flexibility index (Phi) is 4.99. The lowest BCUT2D eigenvalue weighted by atomic mass is 10.1. The highest BCUT2D eigenvalue weighted by Gasteiger charge is 2.09. The second kappa shape index (κ2) is 6.73. The number of benzene rings is 1. The quantitative estimate of drug-likeness (QED) is 0.916. The summed E-state index contributed by atoms with van der Waals surface area (Å²) in [6.45, 7) is 2.61. The number of aliphatic hydroxyl groups excluding tert-OH is 1. The summed E-state index contributed by atoms with van der Waals surface area (Å²) in [5.74, 6) is 0. The van der Waals surface area contributed by atoms with E-state index in [1.165, 1.54) is 5.56 Å². The number of hydrogen-bond acceptors (Lipinski definition) is 3. The van der Waals surface area contributed by atoms with Crippen molar-refractivity contribution in [2.75, 3.05) is 18.5 Å². The van der Waals surface area contributed by atoms with Crippen LogP contribution in [-0.2, 0) is 6.42 Å². The molecule has 1 atom stereocenters. The van der Waals surface area contributed by atoms with Crippen LogP contribution in [0.3, 0.4) is 0 Å². The van der Waals surface area contributed by atoms with Gasteiger partial charge in [0, 0.05) is 26.0 Å². The Labute approximate surface area is 124 Å². The Morgan fingerprint density at radius 2 is 1.95 bits per heavy atom. The van der Waals surface area contributed by atoms with Gasteiger partial charge in [-0.15, -0.1) is 0 Å². The van der Waals surface area contributed by atoms with E-state index in [9.17, 15) is 5.11 Å². The summed E-state index contributed by atoms with van der Waals surface area (Å²) >= 11 is 6.29. The summed E-state index contributed by atoms with van der Waals surface area (Å²) in [6.07, 6.45) is 4.05. The molecule has 3 nitrogen and oxygen atoms in total. The normalized spacial score (nSPS) is 12.2. The van der Waals surface area contributed by atoms with Gasteiger partial charge in [-0.05, 0) is 48.7 Å². The molecule has 1 heterocycles. The van der Waals surface area contributed by atoms with Gasteiger partial charge in [0.25, 0.3) is 0 Å². The molecule has 0 bridgehead atoms. The first kappa shape index (κ1) is 14.8. The van der Waals surface area contributed by atoms with Crippen LogP contribution in [0, 0.1) is 0 Å². The molecule has 2 rings (SSSR count). The molecule has 0 unspecified atom stereocenters. The van der Waals surface area contributed by atoms with Crippen molar-refractivity contribution in [1.82, 2.24) is 4.98 Å². The number of hydrogen-bond donors (Lipinski definition) is 1. The van der Waals surface area contributed by atoms with E-state index in [-0.39, 0.29) is 0 Å². The van der Waals surface area contributed by atoms with Crippen LogP contribution in [0.4, 0.5) is 5.69 Å². The number of pyridine rings is 1. The Morgan fingerprint density at radius 3 is 2.55 bits per heavy atom. The van der Waals surface area contributed by atoms with Crippen LogP contribution in [-0.4, -0.2) is 23.7 Å². The van der Waals surface area contributed by atoms with Crippen molar-refractivity contribution in [1.29, 1.82) is 0 Å². The van der Waals surface area contributed by atoms with E-state index < -0.39 is 6.10 Å². The van der Waals surface area contributed by atoms with Gasteiger partial charge in [0.2, 0.25) is 0 Å². The van der Waals surface area contributed by atoms with Crippen molar-refractivity contribution in [3.8, 4) is 0 Å². The highest BCUT2D eigenvalue weighted by molar-refractivity contribution is 6.33. The van der Waals surface area contributed by atoms with Gasteiger partial charge in [0.1, 0.15) is 0 Å². The lowest BCUT2D eigenvalue weighted by Crippen LogP contribution is -2.20. The molecule has 4 heteroatoms. The zero-order chi connectivity index (χ0) is 14.5. The van der Waals surface area contributed by atoms with Gasteiger partial charge in [-0.3, -0.25) is 4.98 Å². The van der Waals surface area contributed by atoms with Gasteiger partial charge in [-0.2, -0.15) is 0 Å². The molecule has 0 saturated heterocycles. The second-order valence-corrected chi connectivity index (χ2v) is 5.32. The van der Waals surface area contributed by atoms with Crippen LogP contribution in [0.15, 0.2) is 42.7 Å². The Hall–Kier alpha value is -1.58. The zero-order valence-electron chi connectivity index (χ0n) is 11.8. The molecule has 2 aromatic rings. The van der Waals surface area contributed by atoms with Gasteiger partial charge in [0.05, 0.1) is 16.8 Å². The summed E-state index contributed by atoms with van der Waals surface area (Å²) in [7, 11) is 2.02. The van der Waals surface area contributed by atoms with Crippen LogP contribution < -0.4 is 4.90 Å². The smallest absolute Gasteiger partial charge is 0.0762 e. The summed E-state index contributed by atoms with van der Waals surface area (Å²) in [5, 5.41) is 10.2. The van der Waals surface area contributed by atoms with E-state index in [0.29, 0.717) is 5.02 Å². The zero-order valence-corrected chi connectivity index (χ0v) is 12.5. The van der Waals surface area contributed by atoms with Crippen LogP contribution in [0.2, 0.25) is 5.02 Å². The van der Waals surface area contributed by atoms with E-state index in [1.54, 1.807) is 19.3 Å². The lowest BCUT2D eigenvalue weighted by Gasteiger charge is -2.21. The molecule has 0 radical (unpaired) electrons. The summed E-state index contributed by atoms with van der Waals surface area (Å²) < 4.78 is 0. The van der Waals surface area contributed by atoms with E-state index in [2.05, 4.69) is 9.88 Å². The van der Waals surface area contributed by atoms with Crippen LogP contribution >= 0.6 is 11.6 Å². The van der Waals surface area contributed by atoms with E-state index >= 15 is 0 Å². The molecule has 106 valence electrons. The molecule has 1 N–H and O–H groups in total. The molecule has 1 aromatic heterocycles. The van der Waals surface area contributed by atoms with E-state index in [1.807, 2.05) is 37.4 Å². The Bertz CT molecular complexity index is 558. The van der Waals surface area contributed by atoms with Crippen molar-refractivity contribution in [3.05, 3.63) is 58.9 Å². The molecular weight excluding hydrogens is 272 g/mol.